The van der Waals surface area contributed by atoms with E-state index in [2.05, 4.69) is 0 Å². The van der Waals surface area contributed by atoms with Gasteiger partial charge < -0.3 is 0 Å². The first-order valence-electron chi connectivity index (χ1n) is 5.96. The molecule has 1 fully saturated rings. The molecule has 0 aliphatic carbocycles. The zero-order chi connectivity index (χ0) is 13.3. The van der Waals surface area contributed by atoms with Gasteiger partial charge in [-0.05, 0) is 18.9 Å². The molecule has 2 atom stereocenters. The number of hydrogen-bond donors (Lipinski definition) is 0. The van der Waals surface area contributed by atoms with Crippen molar-refractivity contribution in [3.63, 3.8) is 0 Å². The van der Waals surface area contributed by atoms with E-state index in [-0.39, 0.29) is 35.7 Å². The Labute approximate surface area is 103 Å². The highest BCUT2D eigenvalue weighted by Gasteiger charge is 2.47. The number of hydrogen-bond acceptors (Lipinski definition) is 4. The number of imide groups is 1. The van der Waals surface area contributed by atoms with Crippen LogP contribution in [0.2, 0.25) is 0 Å². The lowest BCUT2D eigenvalue weighted by Crippen LogP contribution is -2.65. The van der Waals surface area contributed by atoms with Crippen LogP contribution in [0.3, 0.4) is 0 Å². The lowest BCUT2D eigenvalue weighted by Gasteiger charge is -2.44. The molecular weight excluding hydrogens is 220 g/mol. The van der Waals surface area contributed by atoms with E-state index in [1.54, 1.807) is 0 Å². The number of carbonyl (C=O) groups is 2. The summed E-state index contributed by atoms with van der Waals surface area (Å²) >= 11 is 0. The van der Waals surface area contributed by atoms with E-state index in [1.165, 1.54) is 7.11 Å². The highest BCUT2D eigenvalue weighted by Crippen LogP contribution is 2.26. The van der Waals surface area contributed by atoms with Crippen molar-refractivity contribution in [1.82, 2.24) is 9.96 Å². The molecule has 1 heterocycles. The molecule has 0 bridgehead atoms. The van der Waals surface area contributed by atoms with Crippen LogP contribution in [0.4, 0.5) is 0 Å². The first-order valence-corrected chi connectivity index (χ1v) is 5.96. The third kappa shape index (κ3) is 2.35. The summed E-state index contributed by atoms with van der Waals surface area (Å²) in [4.78, 5) is 31.1. The molecule has 2 unspecified atom stereocenters. The van der Waals surface area contributed by atoms with Crippen molar-refractivity contribution in [3.05, 3.63) is 0 Å². The fourth-order valence-corrected chi connectivity index (χ4v) is 2.56. The molecule has 0 aromatic heterocycles. The Morgan fingerprint density at radius 2 is 1.35 bits per heavy atom. The van der Waals surface area contributed by atoms with Gasteiger partial charge >= 0.3 is 0 Å². The van der Waals surface area contributed by atoms with E-state index in [1.807, 2.05) is 39.6 Å². The predicted octanol–water partition coefficient (Wildman–Crippen LogP) is 0.898. The van der Waals surface area contributed by atoms with Gasteiger partial charge in [0, 0.05) is 0 Å². The van der Waals surface area contributed by atoms with Gasteiger partial charge in [-0.25, -0.2) is 0 Å². The van der Waals surface area contributed by atoms with Crippen molar-refractivity contribution in [2.75, 3.05) is 14.2 Å². The van der Waals surface area contributed by atoms with Crippen molar-refractivity contribution in [3.8, 4) is 0 Å². The van der Waals surface area contributed by atoms with Crippen LogP contribution in [0.5, 0.6) is 0 Å². The predicted molar refractivity (Wildman–Crippen MR) is 63.9 cm³/mol. The van der Waals surface area contributed by atoms with Gasteiger partial charge in [0.05, 0.1) is 19.2 Å². The van der Waals surface area contributed by atoms with Crippen LogP contribution in [0, 0.1) is 11.8 Å². The topological polar surface area (TPSA) is 49.9 Å². The van der Waals surface area contributed by atoms with Crippen molar-refractivity contribution >= 4 is 11.8 Å². The second kappa shape index (κ2) is 5.14. The Morgan fingerprint density at radius 3 is 1.59 bits per heavy atom. The number of hydroxylamine groups is 2. The lowest BCUT2D eigenvalue weighted by atomic mass is 9.92. The van der Waals surface area contributed by atoms with Gasteiger partial charge in [-0.3, -0.25) is 19.3 Å². The molecule has 0 radical (unpaired) electrons. The zero-order valence-corrected chi connectivity index (χ0v) is 11.4. The number of nitrogens with zero attached hydrogens (tertiary/aromatic N) is 2. The number of piperazine rings is 1. The average molecular weight is 242 g/mol. The van der Waals surface area contributed by atoms with Crippen LogP contribution in [0.25, 0.3) is 0 Å². The van der Waals surface area contributed by atoms with Crippen molar-refractivity contribution in [1.29, 1.82) is 0 Å². The molecule has 0 saturated carbocycles. The molecular formula is C12H22N2O3. The molecule has 1 rings (SSSR count). The fraction of sp³-hybridized carbons (Fsp3) is 0.833. The minimum absolute atomic E-state index is 0.138. The van der Waals surface area contributed by atoms with Crippen LogP contribution in [0.1, 0.15) is 27.7 Å². The van der Waals surface area contributed by atoms with E-state index in [4.69, 9.17) is 4.84 Å². The van der Waals surface area contributed by atoms with Gasteiger partial charge in [-0.15, -0.1) is 0 Å². The van der Waals surface area contributed by atoms with E-state index in [0.29, 0.717) is 0 Å². The van der Waals surface area contributed by atoms with Crippen molar-refractivity contribution < 1.29 is 14.4 Å². The second-order valence-corrected chi connectivity index (χ2v) is 5.20. The zero-order valence-electron chi connectivity index (χ0n) is 11.4. The van der Waals surface area contributed by atoms with Crippen LogP contribution in [-0.2, 0) is 14.4 Å². The van der Waals surface area contributed by atoms with Crippen molar-refractivity contribution in [2.24, 2.45) is 11.8 Å². The molecule has 0 spiro atoms. The van der Waals surface area contributed by atoms with Gasteiger partial charge in [0.2, 0.25) is 0 Å². The normalized spacial score (nSPS) is 27.4. The SMILES string of the molecule is CON1C(=O)C(C(C)C)N(C)C(C(C)C)C1=O. The summed E-state index contributed by atoms with van der Waals surface area (Å²) in [5.74, 6) is -0.266. The molecule has 5 heteroatoms. The number of likely N-dealkylation sites (N-methyl/N-ethyl adjacent to an activating group) is 1. The number of carbonyl (C=O) groups excluding carboxylic acids is 2. The molecule has 5 nitrogen and oxygen atoms in total. The Balaban J connectivity index is 3.12. The summed E-state index contributed by atoms with van der Waals surface area (Å²) in [6, 6.07) is -0.611. The van der Waals surface area contributed by atoms with Crippen LogP contribution < -0.4 is 0 Å². The molecule has 1 aliphatic heterocycles. The average Bonchev–Trinajstić information content (AvgIpc) is 2.16. The quantitative estimate of drug-likeness (QED) is 0.690. The minimum atomic E-state index is -0.306. The smallest absolute Gasteiger partial charge is 0.271 e. The maximum absolute atomic E-state index is 12.1. The highest BCUT2D eigenvalue weighted by atomic mass is 16.7. The largest absolute Gasteiger partial charge is 0.283 e. The summed E-state index contributed by atoms with van der Waals surface area (Å²) in [5.41, 5.74) is 0. The van der Waals surface area contributed by atoms with E-state index in [9.17, 15) is 9.59 Å². The standard InChI is InChI=1S/C12H22N2O3/c1-7(2)9-11(15)14(17-6)12(16)10(8(3)4)13(9)5/h7-10H,1-6H3. The Morgan fingerprint density at radius 1 is 1.00 bits per heavy atom. The van der Waals surface area contributed by atoms with E-state index in [0.717, 1.165) is 5.06 Å². The molecule has 2 amide bonds. The second-order valence-electron chi connectivity index (χ2n) is 5.20. The lowest BCUT2D eigenvalue weighted by molar-refractivity contribution is -0.206. The van der Waals surface area contributed by atoms with Gasteiger partial charge in [-0.1, -0.05) is 27.7 Å². The number of amides is 2. The van der Waals surface area contributed by atoms with Gasteiger partial charge in [-0.2, -0.15) is 5.06 Å². The maximum atomic E-state index is 12.1. The van der Waals surface area contributed by atoms with Crippen molar-refractivity contribution in [2.45, 2.75) is 39.8 Å². The highest BCUT2D eigenvalue weighted by molar-refractivity contribution is 6.01. The summed E-state index contributed by atoms with van der Waals surface area (Å²) in [6.07, 6.45) is 0. The first-order chi connectivity index (χ1) is 7.82. The van der Waals surface area contributed by atoms with Gasteiger partial charge in [0.1, 0.15) is 0 Å². The summed E-state index contributed by atoms with van der Waals surface area (Å²) in [5, 5.41) is 0.912. The summed E-state index contributed by atoms with van der Waals surface area (Å²) in [6.45, 7) is 7.89. The van der Waals surface area contributed by atoms with E-state index < -0.39 is 0 Å². The molecule has 0 N–H and O–H groups in total. The molecule has 98 valence electrons. The van der Waals surface area contributed by atoms with Crippen LogP contribution in [-0.4, -0.2) is 48.0 Å². The monoisotopic (exact) mass is 242 g/mol. The third-order valence-corrected chi connectivity index (χ3v) is 3.23. The summed E-state index contributed by atoms with van der Waals surface area (Å²) in [7, 11) is 3.19. The third-order valence-electron chi connectivity index (χ3n) is 3.23. The molecule has 17 heavy (non-hydrogen) atoms. The van der Waals surface area contributed by atoms with Gasteiger partial charge in [0.15, 0.2) is 0 Å². The molecule has 1 saturated heterocycles. The molecule has 0 aromatic carbocycles. The maximum Gasteiger partial charge on any atom is 0.271 e. The molecule has 1 aliphatic rings. The van der Waals surface area contributed by atoms with Crippen LogP contribution >= 0.6 is 0 Å². The Bertz CT molecular complexity index is 287. The van der Waals surface area contributed by atoms with Gasteiger partial charge in [0.25, 0.3) is 11.8 Å². The number of rotatable bonds is 3. The fourth-order valence-electron chi connectivity index (χ4n) is 2.56. The summed E-state index contributed by atoms with van der Waals surface area (Å²) < 4.78 is 0. The Kier molecular flexibility index (Phi) is 4.27. The Hall–Kier alpha value is -0.940. The van der Waals surface area contributed by atoms with E-state index >= 15 is 0 Å². The first kappa shape index (κ1) is 14.1. The minimum Gasteiger partial charge on any atom is -0.283 e. The van der Waals surface area contributed by atoms with Crippen LogP contribution in [0.15, 0.2) is 0 Å². The molecule has 0 aromatic rings.